The Bertz CT molecular complexity index is 636. The normalized spacial score (nSPS) is 15.9. The van der Waals surface area contributed by atoms with Crippen molar-refractivity contribution in [2.75, 3.05) is 0 Å². The Hall–Kier alpha value is -0.830. The van der Waals surface area contributed by atoms with Crippen LogP contribution in [0.4, 0.5) is 0 Å². The van der Waals surface area contributed by atoms with E-state index in [0.717, 1.165) is 0 Å². The Morgan fingerprint density at radius 1 is 1.60 bits per heavy atom. The third-order valence-electron chi connectivity index (χ3n) is 2.94. The monoisotopic (exact) mass is 383 g/mol. The number of hydrogen-bond donors (Lipinski definition) is 3. The molecule has 0 spiro atoms. The molecule has 0 saturated carbocycles. The van der Waals surface area contributed by atoms with Gasteiger partial charge in [0.25, 0.3) is 0 Å². The van der Waals surface area contributed by atoms with Gasteiger partial charge in [0.2, 0.25) is 10.0 Å². The van der Waals surface area contributed by atoms with Gasteiger partial charge in [0.05, 0.1) is 15.5 Å². The zero-order valence-electron chi connectivity index (χ0n) is 10.9. The smallest absolute Gasteiger partial charge is 0.241 e. The van der Waals surface area contributed by atoms with E-state index in [0.29, 0.717) is 15.9 Å². The van der Waals surface area contributed by atoms with E-state index >= 15 is 0 Å². The van der Waals surface area contributed by atoms with Crippen LogP contribution in [0.15, 0.2) is 32.7 Å². The summed E-state index contributed by atoms with van der Waals surface area (Å²) >= 11 is 8.99. The van der Waals surface area contributed by atoms with Crippen LogP contribution in [0.2, 0.25) is 5.02 Å². The van der Waals surface area contributed by atoms with E-state index in [4.69, 9.17) is 22.5 Å². The van der Waals surface area contributed by atoms with Crippen LogP contribution in [0.25, 0.3) is 0 Å². The van der Waals surface area contributed by atoms with Gasteiger partial charge in [-0.3, -0.25) is 0 Å². The van der Waals surface area contributed by atoms with Crippen molar-refractivity contribution < 1.29 is 13.6 Å². The molecule has 9 heteroatoms. The highest BCUT2D eigenvalue weighted by Gasteiger charge is 2.33. The van der Waals surface area contributed by atoms with Crippen molar-refractivity contribution in [2.45, 2.75) is 30.7 Å². The molecular formula is C11H15BrClN3O3S. The molecular weight excluding hydrogens is 370 g/mol. The van der Waals surface area contributed by atoms with Gasteiger partial charge in [-0.15, -0.1) is 0 Å². The molecule has 1 rings (SSSR count). The number of amidine groups is 1. The molecule has 0 amide bonds. The highest BCUT2D eigenvalue weighted by Crippen LogP contribution is 2.26. The first-order chi connectivity index (χ1) is 9.16. The molecule has 4 N–H and O–H groups in total. The third kappa shape index (κ3) is 3.63. The molecule has 0 radical (unpaired) electrons. The lowest BCUT2D eigenvalue weighted by Gasteiger charge is -2.27. The fourth-order valence-corrected chi connectivity index (χ4v) is 3.54. The number of nitrogens with zero attached hydrogens (tertiary/aromatic N) is 1. The predicted octanol–water partition coefficient (Wildman–Crippen LogP) is 2.30. The average molecular weight is 385 g/mol. The summed E-state index contributed by atoms with van der Waals surface area (Å²) in [5, 5.41) is 12.0. The van der Waals surface area contributed by atoms with E-state index < -0.39 is 15.6 Å². The fraction of sp³-hybridized carbons (Fsp3) is 0.364. The summed E-state index contributed by atoms with van der Waals surface area (Å²) in [6, 6.07) is 4.22. The molecule has 0 bridgehead atoms. The number of nitrogens with two attached hydrogens (primary N) is 1. The molecule has 1 aromatic rings. The lowest BCUT2D eigenvalue weighted by molar-refractivity contribution is 0.310. The number of nitrogens with one attached hydrogen (secondary N) is 1. The topological polar surface area (TPSA) is 105 Å². The minimum atomic E-state index is -3.84. The molecule has 0 fully saturated rings. The van der Waals surface area contributed by atoms with Crippen molar-refractivity contribution in [3.63, 3.8) is 0 Å². The van der Waals surface area contributed by atoms with E-state index in [-0.39, 0.29) is 10.7 Å². The van der Waals surface area contributed by atoms with Crippen LogP contribution < -0.4 is 10.5 Å². The van der Waals surface area contributed by atoms with E-state index in [2.05, 4.69) is 25.8 Å². The van der Waals surface area contributed by atoms with Gasteiger partial charge in [-0.25, -0.2) is 8.42 Å². The number of oxime groups is 1. The van der Waals surface area contributed by atoms with Crippen molar-refractivity contribution in [3.05, 3.63) is 27.7 Å². The van der Waals surface area contributed by atoms with Gasteiger partial charge in [0.15, 0.2) is 5.84 Å². The molecule has 0 heterocycles. The van der Waals surface area contributed by atoms with Crippen molar-refractivity contribution >= 4 is 43.4 Å². The summed E-state index contributed by atoms with van der Waals surface area (Å²) < 4.78 is 27.5. The van der Waals surface area contributed by atoms with E-state index in [1.165, 1.54) is 25.1 Å². The number of hydrogen-bond acceptors (Lipinski definition) is 4. The summed E-state index contributed by atoms with van der Waals surface area (Å²) in [5.41, 5.74) is 4.36. The van der Waals surface area contributed by atoms with Gasteiger partial charge in [0.1, 0.15) is 0 Å². The SMILES string of the molecule is CCC(C)(NS(=O)(=O)c1ccc(Cl)c(Br)c1)/C(N)=N/O. The minimum absolute atomic E-state index is 0.0270. The first-order valence-corrected chi connectivity index (χ1v) is 8.28. The van der Waals surface area contributed by atoms with Gasteiger partial charge in [-0.05, 0) is 47.5 Å². The lowest BCUT2D eigenvalue weighted by Crippen LogP contribution is -2.54. The summed E-state index contributed by atoms with van der Waals surface area (Å²) in [4.78, 5) is 0.0270. The summed E-state index contributed by atoms with van der Waals surface area (Å²) in [7, 11) is -3.84. The highest BCUT2D eigenvalue weighted by molar-refractivity contribution is 9.10. The van der Waals surface area contributed by atoms with Gasteiger partial charge in [-0.1, -0.05) is 23.7 Å². The molecule has 0 aliphatic rings. The summed E-state index contributed by atoms with van der Waals surface area (Å²) in [5.74, 6) is -0.211. The van der Waals surface area contributed by atoms with E-state index in [1.54, 1.807) is 6.92 Å². The summed E-state index contributed by atoms with van der Waals surface area (Å²) in [6.07, 6.45) is 0.316. The number of benzene rings is 1. The summed E-state index contributed by atoms with van der Waals surface area (Å²) in [6.45, 7) is 3.25. The van der Waals surface area contributed by atoms with Crippen LogP contribution in [0.3, 0.4) is 0 Å². The molecule has 20 heavy (non-hydrogen) atoms. The van der Waals surface area contributed by atoms with Gasteiger partial charge in [-0.2, -0.15) is 4.72 Å². The molecule has 0 aliphatic carbocycles. The molecule has 1 aromatic carbocycles. The van der Waals surface area contributed by atoms with Crippen molar-refractivity contribution in [2.24, 2.45) is 10.9 Å². The average Bonchev–Trinajstić information content (AvgIpc) is 2.40. The van der Waals surface area contributed by atoms with Crippen LogP contribution in [0, 0.1) is 0 Å². The zero-order valence-corrected chi connectivity index (χ0v) is 14.1. The lowest BCUT2D eigenvalue weighted by atomic mass is 10.00. The first kappa shape index (κ1) is 17.2. The molecule has 1 unspecified atom stereocenters. The maximum Gasteiger partial charge on any atom is 0.241 e. The minimum Gasteiger partial charge on any atom is -0.409 e. The predicted molar refractivity (Wildman–Crippen MR) is 81.6 cm³/mol. The number of rotatable bonds is 5. The van der Waals surface area contributed by atoms with Crippen molar-refractivity contribution in [3.8, 4) is 0 Å². The van der Waals surface area contributed by atoms with E-state index in [9.17, 15) is 8.42 Å². The maximum atomic E-state index is 12.3. The second-order valence-electron chi connectivity index (χ2n) is 4.35. The van der Waals surface area contributed by atoms with Crippen LogP contribution in [0.1, 0.15) is 20.3 Å². The second-order valence-corrected chi connectivity index (χ2v) is 7.30. The Kier molecular flexibility index (Phi) is 5.42. The molecule has 0 aromatic heterocycles. The van der Waals surface area contributed by atoms with Crippen LogP contribution in [-0.4, -0.2) is 25.0 Å². The molecule has 1 atom stereocenters. The Morgan fingerprint density at radius 3 is 2.65 bits per heavy atom. The van der Waals surface area contributed by atoms with Crippen LogP contribution in [0.5, 0.6) is 0 Å². The number of sulfonamides is 1. The number of halogens is 2. The molecule has 112 valence electrons. The molecule has 6 nitrogen and oxygen atoms in total. The molecule has 0 aliphatic heterocycles. The third-order valence-corrected chi connectivity index (χ3v) is 5.75. The quantitative estimate of drug-likeness (QED) is 0.313. The Balaban J connectivity index is 3.20. The first-order valence-electron chi connectivity index (χ1n) is 5.63. The zero-order chi connectivity index (χ0) is 15.6. The molecule has 0 saturated heterocycles. The Morgan fingerprint density at radius 2 is 2.20 bits per heavy atom. The largest absolute Gasteiger partial charge is 0.409 e. The van der Waals surface area contributed by atoms with Gasteiger partial charge < -0.3 is 10.9 Å². The fourth-order valence-electron chi connectivity index (χ4n) is 1.42. The van der Waals surface area contributed by atoms with Crippen LogP contribution >= 0.6 is 27.5 Å². The second kappa shape index (κ2) is 6.30. The standard InChI is InChI=1S/C11H15BrClN3O3S/c1-3-11(2,10(14)15-17)16-20(18,19)7-4-5-9(13)8(12)6-7/h4-6,16-17H,3H2,1-2H3,(H2,14,15). The van der Waals surface area contributed by atoms with Crippen molar-refractivity contribution in [1.29, 1.82) is 0 Å². The highest BCUT2D eigenvalue weighted by atomic mass is 79.9. The Labute approximate surface area is 131 Å². The van der Waals surface area contributed by atoms with Gasteiger partial charge >= 0.3 is 0 Å². The van der Waals surface area contributed by atoms with E-state index in [1.807, 2.05) is 0 Å². The van der Waals surface area contributed by atoms with Crippen molar-refractivity contribution in [1.82, 2.24) is 4.72 Å². The van der Waals surface area contributed by atoms with Gasteiger partial charge in [0, 0.05) is 4.47 Å². The van der Waals surface area contributed by atoms with Crippen LogP contribution in [-0.2, 0) is 10.0 Å². The maximum absolute atomic E-state index is 12.3.